The second-order valence-corrected chi connectivity index (χ2v) is 11.9. The zero-order valence-electron chi connectivity index (χ0n) is 26.5. The number of hydrogen-bond donors (Lipinski definition) is 0. The number of benzene rings is 5. The summed E-state index contributed by atoms with van der Waals surface area (Å²) in [6.45, 7) is 0. The van der Waals surface area contributed by atoms with Crippen LogP contribution >= 0.6 is 0 Å². The summed E-state index contributed by atoms with van der Waals surface area (Å²) in [6, 6.07) is 42.9. The first kappa shape index (κ1) is 27.9. The van der Waals surface area contributed by atoms with Gasteiger partial charge in [-0.25, -0.2) is 19.9 Å². The third-order valence-electron chi connectivity index (χ3n) is 9.07. The lowest BCUT2D eigenvalue weighted by Gasteiger charge is -2.16. The Morgan fingerprint density at radius 2 is 0.680 bits per heavy atom. The standard InChI is InChI=1S/C41H25N9/c1-5-18-32-26(12-1)27-13-2-6-19-33(27)49(32)40-46-39(47-41(48-40)50-34-20-7-3-14-28(34)29-15-4-8-21-35(29)50)36-30(37-42-22-10-23-43-37)16-9-17-31(36)38-44-24-11-25-45-38/h1-25H. The first-order valence-corrected chi connectivity index (χ1v) is 16.2. The van der Waals surface area contributed by atoms with Crippen molar-refractivity contribution in [2.45, 2.75) is 0 Å². The van der Waals surface area contributed by atoms with Gasteiger partial charge in [0.15, 0.2) is 17.5 Å². The summed E-state index contributed by atoms with van der Waals surface area (Å²) in [5.74, 6) is 2.48. The van der Waals surface area contributed by atoms with Crippen molar-refractivity contribution in [3.8, 4) is 46.1 Å². The highest BCUT2D eigenvalue weighted by molar-refractivity contribution is 6.10. The normalized spacial score (nSPS) is 11.6. The van der Waals surface area contributed by atoms with Gasteiger partial charge in [0.2, 0.25) is 11.9 Å². The maximum atomic E-state index is 5.31. The van der Waals surface area contributed by atoms with Crippen LogP contribution in [0.15, 0.2) is 152 Å². The summed E-state index contributed by atoms with van der Waals surface area (Å²) in [7, 11) is 0. The lowest BCUT2D eigenvalue weighted by atomic mass is 9.98. The van der Waals surface area contributed by atoms with Crippen molar-refractivity contribution in [3.05, 3.63) is 152 Å². The van der Waals surface area contributed by atoms with E-state index in [2.05, 4.69) is 102 Å². The molecular formula is C41H25N9. The van der Waals surface area contributed by atoms with Crippen LogP contribution in [0.1, 0.15) is 0 Å². The van der Waals surface area contributed by atoms with E-state index in [1.54, 1.807) is 36.9 Å². The van der Waals surface area contributed by atoms with Crippen LogP contribution in [-0.4, -0.2) is 44.0 Å². The molecule has 0 saturated heterocycles. The molecule has 0 N–H and O–H groups in total. The van der Waals surface area contributed by atoms with Gasteiger partial charge in [0.1, 0.15) is 0 Å². The van der Waals surface area contributed by atoms with E-state index in [9.17, 15) is 0 Å². The molecule has 5 aromatic carbocycles. The van der Waals surface area contributed by atoms with Gasteiger partial charge in [0.25, 0.3) is 0 Å². The molecule has 0 spiro atoms. The number of para-hydroxylation sites is 4. The molecule has 0 aliphatic heterocycles. The molecule has 0 bridgehead atoms. The molecule has 9 heteroatoms. The second kappa shape index (κ2) is 11.2. The Morgan fingerprint density at radius 3 is 1.06 bits per heavy atom. The van der Waals surface area contributed by atoms with Crippen molar-refractivity contribution in [1.29, 1.82) is 0 Å². The molecule has 0 amide bonds. The number of aromatic nitrogens is 9. The molecule has 0 aliphatic rings. The van der Waals surface area contributed by atoms with Crippen molar-refractivity contribution in [2.75, 3.05) is 0 Å². The monoisotopic (exact) mass is 643 g/mol. The minimum atomic E-state index is 0.444. The molecule has 0 atom stereocenters. The average Bonchev–Trinajstić information content (AvgIpc) is 3.71. The van der Waals surface area contributed by atoms with Crippen molar-refractivity contribution in [3.63, 3.8) is 0 Å². The maximum absolute atomic E-state index is 5.31. The third-order valence-corrected chi connectivity index (χ3v) is 9.07. The zero-order valence-corrected chi connectivity index (χ0v) is 26.5. The molecule has 0 radical (unpaired) electrons. The fraction of sp³-hybridized carbons (Fsp3) is 0. The van der Waals surface area contributed by atoms with E-state index in [0.717, 1.165) is 54.7 Å². The highest BCUT2D eigenvalue weighted by Gasteiger charge is 2.24. The quantitative estimate of drug-likeness (QED) is 0.185. The number of rotatable bonds is 5. The predicted molar refractivity (Wildman–Crippen MR) is 196 cm³/mol. The van der Waals surface area contributed by atoms with Crippen LogP contribution in [0.2, 0.25) is 0 Å². The van der Waals surface area contributed by atoms with Crippen LogP contribution in [0.3, 0.4) is 0 Å². The van der Waals surface area contributed by atoms with Crippen molar-refractivity contribution < 1.29 is 0 Å². The van der Waals surface area contributed by atoms with E-state index >= 15 is 0 Å². The SMILES string of the molecule is c1cnc(-c2cccc(-c3ncccn3)c2-c2nc(-n3c4ccccc4c4ccccc43)nc(-n3c4ccccc4c4ccccc43)n2)nc1. The Morgan fingerprint density at radius 1 is 0.320 bits per heavy atom. The smallest absolute Gasteiger partial charge is 0.240 e. The largest absolute Gasteiger partial charge is 0.278 e. The van der Waals surface area contributed by atoms with E-state index in [0.29, 0.717) is 34.9 Å². The predicted octanol–water partition coefficient (Wildman–Crippen LogP) is 8.65. The summed E-state index contributed by atoms with van der Waals surface area (Å²) in [5, 5.41) is 4.44. The molecule has 5 heterocycles. The molecule has 0 saturated carbocycles. The summed E-state index contributed by atoms with van der Waals surface area (Å²) in [6.07, 6.45) is 6.94. The second-order valence-electron chi connectivity index (χ2n) is 11.9. The molecule has 50 heavy (non-hydrogen) atoms. The van der Waals surface area contributed by atoms with Gasteiger partial charge in [-0.05, 0) is 36.4 Å². The highest BCUT2D eigenvalue weighted by atomic mass is 15.3. The fourth-order valence-electron chi connectivity index (χ4n) is 6.98. The summed E-state index contributed by atoms with van der Waals surface area (Å²) in [5.41, 5.74) is 6.17. The van der Waals surface area contributed by atoms with E-state index in [1.807, 2.05) is 42.5 Å². The molecule has 10 aromatic rings. The summed E-state index contributed by atoms with van der Waals surface area (Å²) < 4.78 is 4.24. The highest BCUT2D eigenvalue weighted by Crippen LogP contribution is 2.39. The molecule has 0 fully saturated rings. The van der Waals surface area contributed by atoms with Crippen LogP contribution in [0.4, 0.5) is 0 Å². The molecular weight excluding hydrogens is 619 g/mol. The van der Waals surface area contributed by atoms with Gasteiger partial charge in [-0.3, -0.25) is 9.13 Å². The fourth-order valence-corrected chi connectivity index (χ4v) is 6.98. The summed E-state index contributed by atoms with van der Waals surface area (Å²) in [4.78, 5) is 34.5. The minimum absolute atomic E-state index is 0.444. The van der Waals surface area contributed by atoms with Crippen LogP contribution in [0.5, 0.6) is 0 Å². The third kappa shape index (κ3) is 4.30. The van der Waals surface area contributed by atoms with Gasteiger partial charge >= 0.3 is 0 Å². The topological polar surface area (TPSA) is 100 Å². The van der Waals surface area contributed by atoms with Gasteiger partial charge in [0.05, 0.1) is 22.1 Å². The van der Waals surface area contributed by atoms with Gasteiger partial charge < -0.3 is 0 Å². The van der Waals surface area contributed by atoms with E-state index in [1.165, 1.54) is 0 Å². The Labute approximate surface area is 285 Å². The first-order chi connectivity index (χ1) is 24.8. The van der Waals surface area contributed by atoms with Crippen LogP contribution < -0.4 is 0 Å². The molecule has 9 nitrogen and oxygen atoms in total. The Balaban J connectivity index is 1.37. The molecule has 0 aliphatic carbocycles. The Kier molecular flexibility index (Phi) is 6.28. The van der Waals surface area contributed by atoms with Crippen LogP contribution in [-0.2, 0) is 0 Å². The molecule has 234 valence electrons. The van der Waals surface area contributed by atoms with Crippen molar-refractivity contribution in [2.24, 2.45) is 0 Å². The first-order valence-electron chi connectivity index (χ1n) is 16.2. The van der Waals surface area contributed by atoms with Gasteiger partial charge in [-0.1, -0.05) is 91.0 Å². The number of fused-ring (bicyclic) bond motifs is 6. The van der Waals surface area contributed by atoms with Gasteiger partial charge in [0, 0.05) is 63.0 Å². The lowest BCUT2D eigenvalue weighted by molar-refractivity contribution is 0.892. The molecule has 5 aromatic heterocycles. The number of hydrogen-bond acceptors (Lipinski definition) is 7. The van der Waals surface area contributed by atoms with Crippen molar-refractivity contribution >= 4 is 43.6 Å². The maximum Gasteiger partial charge on any atom is 0.240 e. The van der Waals surface area contributed by atoms with E-state index in [-0.39, 0.29) is 0 Å². The Hall–Kier alpha value is -7.13. The average molecular weight is 644 g/mol. The minimum Gasteiger partial charge on any atom is -0.278 e. The van der Waals surface area contributed by atoms with Crippen LogP contribution in [0, 0.1) is 0 Å². The number of nitrogens with zero attached hydrogens (tertiary/aromatic N) is 9. The zero-order chi connectivity index (χ0) is 33.0. The van der Waals surface area contributed by atoms with E-state index < -0.39 is 0 Å². The lowest BCUT2D eigenvalue weighted by Crippen LogP contribution is -2.11. The molecule has 0 unspecified atom stereocenters. The Bertz CT molecular complexity index is 2580. The van der Waals surface area contributed by atoms with Gasteiger partial charge in [-0.15, -0.1) is 0 Å². The van der Waals surface area contributed by atoms with Crippen LogP contribution in [0.25, 0.3) is 89.7 Å². The summed E-state index contributed by atoms with van der Waals surface area (Å²) >= 11 is 0. The van der Waals surface area contributed by atoms with Crippen molar-refractivity contribution in [1.82, 2.24) is 44.0 Å². The van der Waals surface area contributed by atoms with E-state index in [4.69, 9.17) is 15.0 Å². The van der Waals surface area contributed by atoms with Gasteiger partial charge in [-0.2, -0.15) is 15.0 Å². The molecule has 10 rings (SSSR count).